The van der Waals surface area contributed by atoms with E-state index in [9.17, 15) is 0 Å². The van der Waals surface area contributed by atoms with E-state index in [4.69, 9.17) is 9.47 Å². The van der Waals surface area contributed by atoms with Crippen molar-refractivity contribution >= 4 is 17.3 Å². The average molecular weight is 367 g/mol. The molecule has 1 aromatic heterocycles. The van der Waals surface area contributed by atoms with Crippen LogP contribution in [0.15, 0.2) is 10.4 Å². The van der Waals surface area contributed by atoms with Crippen LogP contribution in [-0.2, 0) is 16.0 Å². The van der Waals surface area contributed by atoms with E-state index in [0.29, 0.717) is 24.6 Å². The number of nitrogens with zero attached hydrogens (tertiary/aromatic N) is 2. The van der Waals surface area contributed by atoms with Gasteiger partial charge in [0.2, 0.25) is 0 Å². The number of nitrogens with one attached hydrogen (secondary N) is 2. The average Bonchev–Trinajstić information content (AvgIpc) is 3.10. The molecule has 1 aliphatic carbocycles. The van der Waals surface area contributed by atoms with Crippen molar-refractivity contribution in [3.8, 4) is 0 Å². The van der Waals surface area contributed by atoms with Gasteiger partial charge in [-0.2, -0.15) is 0 Å². The summed E-state index contributed by atoms with van der Waals surface area (Å²) >= 11 is 1.63. The van der Waals surface area contributed by atoms with Crippen molar-refractivity contribution in [1.29, 1.82) is 0 Å². The zero-order chi connectivity index (χ0) is 18.0. The minimum atomic E-state index is 0.0372. The minimum absolute atomic E-state index is 0.0372. The lowest BCUT2D eigenvalue weighted by Crippen LogP contribution is -2.71. The van der Waals surface area contributed by atoms with Crippen LogP contribution in [0.2, 0.25) is 0 Å². The second-order valence-corrected chi connectivity index (χ2v) is 8.41. The first-order valence-corrected chi connectivity index (χ1v) is 9.91. The molecular formula is C18H30N4O2S. The van der Waals surface area contributed by atoms with Gasteiger partial charge in [-0.15, -0.1) is 11.3 Å². The third-order valence-corrected chi connectivity index (χ3v) is 6.61. The van der Waals surface area contributed by atoms with Crippen LogP contribution in [0.25, 0.3) is 0 Å². The summed E-state index contributed by atoms with van der Waals surface area (Å²) in [6, 6.07) is 0.392. The molecule has 1 aliphatic heterocycles. The molecule has 25 heavy (non-hydrogen) atoms. The second kappa shape index (κ2) is 7.60. The lowest BCUT2D eigenvalue weighted by Gasteiger charge is -2.60. The van der Waals surface area contributed by atoms with E-state index in [0.717, 1.165) is 29.7 Å². The fraction of sp³-hybridized carbons (Fsp3) is 0.778. The van der Waals surface area contributed by atoms with Crippen LogP contribution in [0.3, 0.4) is 0 Å². The van der Waals surface area contributed by atoms with Crippen molar-refractivity contribution in [2.75, 3.05) is 20.8 Å². The van der Waals surface area contributed by atoms with E-state index in [2.05, 4.69) is 39.8 Å². The number of aromatic nitrogens is 1. The molecule has 0 spiro atoms. The van der Waals surface area contributed by atoms with E-state index in [-0.39, 0.29) is 11.5 Å². The number of methoxy groups -OCH3 is 1. The molecule has 2 N–H and O–H groups in total. The number of hydrogen-bond acceptors (Lipinski definition) is 5. The highest BCUT2D eigenvalue weighted by molar-refractivity contribution is 7.09. The smallest absolute Gasteiger partial charge is 0.191 e. The number of ether oxygens (including phenoxy) is 2. The summed E-state index contributed by atoms with van der Waals surface area (Å²) in [5, 5.41) is 10.1. The molecular weight excluding hydrogens is 336 g/mol. The lowest BCUT2D eigenvalue weighted by atomic mass is 9.55. The molecule has 140 valence electrons. The highest BCUT2D eigenvalue weighted by Crippen LogP contribution is 2.51. The van der Waals surface area contributed by atoms with E-state index >= 15 is 0 Å². The molecule has 0 radical (unpaired) electrons. The first-order chi connectivity index (χ1) is 12.0. The fourth-order valence-electron chi connectivity index (χ4n) is 4.02. The summed E-state index contributed by atoms with van der Waals surface area (Å²) in [7, 11) is 3.52. The van der Waals surface area contributed by atoms with Crippen LogP contribution in [-0.4, -0.2) is 43.9 Å². The van der Waals surface area contributed by atoms with Gasteiger partial charge in [-0.05, 0) is 19.8 Å². The molecule has 2 aliphatic rings. The van der Waals surface area contributed by atoms with Gasteiger partial charge in [0.25, 0.3) is 0 Å². The highest BCUT2D eigenvalue weighted by Gasteiger charge is 2.58. The number of hydrogen-bond donors (Lipinski definition) is 2. The summed E-state index contributed by atoms with van der Waals surface area (Å²) in [5.41, 5.74) is 1.14. The second-order valence-electron chi connectivity index (χ2n) is 7.52. The number of rotatable bonds is 5. The summed E-state index contributed by atoms with van der Waals surface area (Å²) in [6.07, 6.45) is 2.79. The normalized spacial score (nSPS) is 29.5. The minimum Gasteiger partial charge on any atom is -0.377 e. The van der Waals surface area contributed by atoms with Crippen molar-refractivity contribution < 1.29 is 9.47 Å². The zero-order valence-electron chi connectivity index (χ0n) is 15.8. The summed E-state index contributed by atoms with van der Waals surface area (Å²) in [4.78, 5) is 9.01. The van der Waals surface area contributed by atoms with Gasteiger partial charge in [-0.1, -0.05) is 13.8 Å². The maximum absolute atomic E-state index is 5.98. The van der Waals surface area contributed by atoms with Crippen molar-refractivity contribution in [1.82, 2.24) is 15.6 Å². The van der Waals surface area contributed by atoms with Crippen molar-refractivity contribution in [2.45, 2.75) is 58.4 Å². The molecule has 6 nitrogen and oxygen atoms in total. The van der Waals surface area contributed by atoms with Crippen molar-refractivity contribution in [3.05, 3.63) is 16.1 Å². The molecule has 4 unspecified atom stereocenters. The van der Waals surface area contributed by atoms with Crippen molar-refractivity contribution in [3.63, 3.8) is 0 Å². The van der Waals surface area contributed by atoms with E-state index in [1.807, 2.05) is 14.0 Å². The molecule has 2 heterocycles. The van der Waals surface area contributed by atoms with Gasteiger partial charge < -0.3 is 20.1 Å². The SMILES string of the molecule is CN=C(NCc1csc(C(C)OC)n1)NC1C2CCCOC2C1(C)C. The van der Waals surface area contributed by atoms with Gasteiger partial charge in [0, 0.05) is 43.5 Å². The fourth-order valence-corrected chi connectivity index (χ4v) is 4.87. The topological polar surface area (TPSA) is 67.8 Å². The Labute approximate surface area is 154 Å². The molecule has 3 rings (SSSR count). The van der Waals surface area contributed by atoms with Gasteiger partial charge in [-0.25, -0.2) is 4.98 Å². The molecule has 0 bridgehead atoms. The Morgan fingerprint density at radius 2 is 2.36 bits per heavy atom. The first kappa shape index (κ1) is 18.6. The lowest BCUT2D eigenvalue weighted by molar-refractivity contribution is -0.188. The van der Waals surface area contributed by atoms with Gasteiger partial charge >= 0.3 is 0 Å². The van der Waals surface area contributed by atoms with Gasteiger partial charge in [0.05, 0.1) is 18.3 Å². The third kappa shape index (κ3) is 3.68. The van der Waals surface area contributed by atoms with Crippen LogP contribution >= 0.6 is 11.3 Å². The summed E-state index contributed by atoms with van der Waals surface area (Å²) < 4.78 is 11.3. The summed E-state index contributed by atoms with van der Waals surface area (Å²) in [6.45, 7) is 8.13. The van der Waals surface area contributed by atoms with Crippen LogP contribution in [0, 0.1) is 11.3 Å². The number of aliphatic imine (C=N–C) groups is 1. The molecule has 4 atom stereocenters. The predicted molar refractivity (Wildman–Crippen MR) is 101 cm³/mol. The number of guanidine groups is 1. The number of fused-ring (bicyclic) bond motifs is 1. The Balaban J connectivity index is 1.56. The highest BCUT2D eigenvalue weighted by atomic mass is 32.1. The Hall–Kier alpha value is -1.18. The van der Waals surface area contributed by atoms with Crippen LogP contribution in [0.4, 0.5) is 0 Å². The standard InChI is InChI=1S/C18H30N4O2S/c1-11(23-5)16-21-12(10-25-16)9-20-17(19-4)22-14-13-7-6-8-24-15(13)18(14,2)3/h10-11,13-15H,6-9H2,1-5H3,(H2,19,20,22). The van der Waals surface area contributed by atoms with Crippen LogP contribution < -0.4 is 10.6 Å². The van der Waals surface area contributed by atoms with Gasteiger partial charge in [0.1, 0.15) is 11.1 Å². The van der Waals surface area contributed by atoms with E-state index in [1.54, 1.807) is 18.4 Å². The van der Waals surface area contributed by atoms with E-state index in [1.165, 1.54) is 6.42 Å². The quantitative estimate of drug-likeness (QED) is 0.619. The molecule has 1 aromatic rings. The zero-order valence-corrected chi connectivity index (χ0v) is 16.7. The molecule has 0 amide bonds. The Kier molecular flexibility index (Phi) is 5.65. The molecule has 1 saturated carbocycles. The maximum atomic E-state index is 5.98. The summed E-state index contributed by atoms with van der Waals surface area (Å²) in [5.74, 6) is 1.41. The monoisotopic (exact) mass is 366 g/mol. The van der Waals surface area contributed by atoms with Crippen LogP contribution in [0.5, 0.6) is 0 Å². The molecule has 1 saturated heterocycles. The molecule has 7 heteroatoms. The molecule has 0 aromatic carbocycles. The Morgan fingerprint density at radius 1 is 1.56 bits per heavy atom. The largest absolute Gasteiger partial charge is 0.377 e. The Morgan fingerprint density at radius 3 is 3.08 bits per heavy atom. The van der Waals surface area contributed by atoms with E-state index < -0.39 is 0 Å². The van der Waals surface area contributed by atoms with Gasteiger partial charge in [0.15, 0.2) is 5.96 Å². The van der Waals surface area contributed by atoms with Crippen molar-refractivity contribution in [2.24, 2.45) is 16.3 Å². The first-order valence-electron chi connectivity index (χ1n) is 9.03. The number of thiazole rings is 1. The predicted octanol–water partition coefficient (Wildman–Crippen LogP) is 2.72. The maximum Gasteiger partial charge on any atom is 0.191 e. The third-order valence-electron chi connectivity index (χ3n) is 5.55. The Bertz CT molecular complexity index is 616. The van der Waals surface area contributed by atoms with Crippen LogP contribution in [0.1, 0.15) is 50.4 Å². The van der Waals surface area contributed by atoms with Gasteiger partial charge in [-0.3, -0.25) is 4.99 Å². The molecule has 2 fully saturated rings.